The van der Waals surface area contributed by atoms with Gasteiger partial charge in [0.25, 0.3) is 0 Å². The van der Waals surface area contributed by atoms with Gasteiger partial charge in [0.2, 0.25) is 17.7 Å². The highest BCUT2D eigenvalue weighted by Gasteiger charge is 2.44. The molecule has 4 aromatic rings. The number of nitriles is 1. The van der Waals surface area contributed by atoms with E-state index in [1.165, 1.54) is 11.3 Å². The van der Waals surface area contributed by atoms with Gasteiger partial charge in [0.15, 0.2) is 0 Å². The van der Waals surface area contributed by atoms with Crippen LogP contribution in [0, 0.1) is 17.1 Å². The molecule has 2 aliphatic rings. The second-order valence-corrected chi connectivity index (χ2v) is 9.95. The molecule has 2 aromatic heterocycles. The van der Waals surface area contributed by atoms with E-state index < -0.39 is 5.54 Å². The minimum atomic E-state index is -0.745. The van der Waals surface area contributed by atoms with Crippen LogP contribution < -0.4 is 10.1 Å². The highest BCUT2D eigenvalue weighted by Crippen LogP contribution is 2.35. The predicted octanol–water partition coefficient (Wildman–Crippen LogP) is 3.57. The van der Waals surface area contributed by atoms with Crippen LogP contribution in [0.5, 0.6) is 5.75 Å². The van der Waals surface area contributed by atoms with Gasteiger partial charge in [-0.05, 0) is 42.7 Å². The van der Waals surface area contributed by atoms with Gasteiger partial charge in [-0.15, -0.1) is 21.5 Å². The Labute approximate surface area is 208 Å². The van der Waals surface area contributed by atoms with Crippen LogP contribution >= 0.6 is 11.3 Å². The number of hydrogen-bond donors (Lipinski definition) is 1. The summed E-state index contributed by atoms with van der Waals surface area (Å²) in [7, 11) is 0. The number of halogens is 1. The molecule has 0 atom stereocenters. The minimum absolute atomic E-state index is 0.0741. The molecule has 3 heterocycles. The monoisotopic (exact) mass is 505 g/mol. The second kappa shape index (κ2) is 8.96. The molecule has 0 unspecified atom stereocenters. The van der Waals surface area contributed by atoms with E-state index in [0.29, 0.717) is 46.8 Å². The lowest BCUT2D eigenvalue weighted by Gasteiger charge is -2.26. The van der Waals surface area contributed by atoms with Gasteiger partial charge >= 0.3 is 0 Å². The molecule has 1 aliphatic carbocycles. The lowest BCUT2D eigenvalue weighted by atomic mass is 10.0. The number of hydrogen-bond acceptors (Lipinski definition) is 9. The third-order valence-corrected chi connectivity index (χ3v) is 7.15. The molecule has 182 valence electrons. The molecule has 2 aromatic carbocycles. The van der Waals surface area contributed by atoms with Crippen LogP contribution in [0.3, 0.4) is 0 Å². The number of nitrogens with zero attached hydrogens (tertiary/aromatic N) is 4. The Hall–Kier alpha value is -3.88. The van der Waals surface area contributed by atoms with Crippen molar-refractivity contribution in [3.63, 3.8) is 0 Å². The molecule has 2 fully saturated rings. The summed E-state index contributed by atoms with van der Waals surface area (Å²) < 4.78 is 32.3. The van der Waals surface area contributed by atoms with Crippen LogP contribution in [0.2, 0.25) is 0 Å². The summed E-state index contributed by atoms with van der Waals surface area (Å²) in [5.74, 6) is 0.485. The lowest BCUT2D eigenvalue weighted by Crippen LogP contribution is -2.38. The summed E-state index contributed by atoms with van der Waals surface area (Å²) >= 11 is 1.22. The molecule has 6 rings (SSSR count). The van der Waals surface area contributed by atoms with E-state index in [0.717, 1.165) is 11.3 Å². The summed E-state index contributed by atoms with van der Waals surface area (Å²) in [6, 6.07) is 12.9. The Bertz CT molecular complexity index is 1480. The number of carbonyl (C=O) groups excluding carboxylic acids is 1. The molecule has 0 radical (unpaired) electrons. The Kier molecular flexibility index (Phi) is 5.62. The maximum atomic E-state index is 15.4. The zero-order valence-electron chi connectivity index (χ0n) is 19.0. The predicted molar refractivity (Wildman–Crippen MR) is 127 cm³/mol. The molecule has 11 heteroatoms. The maximum Gasteiger partial charge on any atom is 0.230 e. The average molecular weight is 506 g/mol. The zero-order valence-corrected chi connectivity index (χ0v) is 19.8. The third-order valence-electron chi connectivity index (χ3n) is 6.08. The van der Waals surface area contributed by atoms with Gasteiger partial charge in [0.05, 0.1) is 35.9 Å². The first-order valence-electron chi connectivity index (χ1n) is 11.5. The Morgan fingerprint density at radius 3 is 2.67 bits per heavy atom. The molecule has 1 saturated heterocycles. The Morgan fingerprint density at radius 1 is 1.19 bits per heavy atom. The molecule has 9 nitrogen and oxygen atoms in total. The molecule has 0 spiro atoms. The van der Waals surface area contributed by atoms with E-state index >= 15 is 4.39 Å². The van der Waals surface area contributed by atoms with Gasteiger partial charge in [-0.1, -0.05) is 12.1 Å². The Morgan fingerprint density at radius 2 is 1.97 bits per heavy atom. The number of benzene rings is 2. The van der Waals surface area contributed by atoms with Crippen molar-refractivity contribution >= 4 is 27.5 Å². The summed E-state index contributed by atoms with van der Waals surface area (Å²) in [6.07, 6.45) is 1.49. The second-order valence-electron chi connectivity index (χ2n) is 8.87. The Balaban J connectivity index is 1.15. The van der Waals surface area contributed by atoms with Gasteiger partial charge in [-0.25, -0.2) is 9.37 Å². The fraction of sp³-hybridized carbons (Fsp3) is 0.320. The highest BCUT2D eigenvalue weighted by molar-refractivity contribution is 7.18. The first-order valence-corrected chi connectivity index (χ1v) is 12.3. The van der Waals surface area contributed by atoms with Crippen LogP contribution in [0.1, 0.15) is 29.6 Å². The summed E-state index contributed by atoms with van der Waals surface area (Å²) in [4.78, 5) is 16.6. The van der Waals surface area contributed by atoms with Gasteiger partial charge < -0.3 is 19.2 Å². The van der Waals surface area contributed by atoms with Crippen molar-refractivity contribution in [3.8, 4) is 22.9 Å². The lowest BCUT2D eigenvalue weighted by molar-refractivity contribution is -0.121. The number of aromatic nitrogens is 3. The molecule has 1 amide bonds. The van der Waals surface area contributed by atoms with Crippen molar-refractivity contribution in [1.29, 1.82) is 5.26 Å². The van der Waals surface area contributed by atoms with Crippen molar-refractivity contribution in [2.24, 2.45) is 0 Å². The van der Waals surface area contributed by atoms with Crippen molar-refractivity contribution in [3.05, 3.63) is 59.0 Å². The van der Waals surface area contributed by atoms with Gasteiger partial charge in [0.1, 0.15) is 34.6 Å². The maximum absolute atomic E-state index is 15.4. The standard InChI is InChI=1S/C25H20FN5O4S/c26-23-17(14-1-3-15(4-2-14)34-16-11-33-12-16)5-6-18-24(23)36-22(28-18)10-21-31-30-20(35-21)9-19(32)29-25(13-27)7-8-25/h1-6,16H,7-12H2,(H,29,32). The number of thiazole rings is 1. The van der Waals surface area contributed by atoms with Crippen molar-refractivity contribution in [2.75, 3.05) is 13.2 Å². The van der Waals surface area contributed by atoms with Crippen molar-refractivity contribution in [1.82, 2.24) is 20.5 Å². The van der Waals surface area contributed by atoms with E-state index in [1.54, 1.807) is 12.1 Å². The third kappa shape index (κ3) is 4.53. The quantitative estimate of drug-likeness (QED) is 0.386. The zero-order chi connectivity index (χ0) is 24.7. The van der Waals surface area contributed by atoms with Crippen molar-refractivity contribution < 1.29 is 23.1 Å². The van der Waals surface area contributed by atoms with E-state index in [1.807, 2.05) is 24.3 Å². The minimum Gasteiger partial charge on any atom is -0.486 e. The number of nitrogens with one attached hydrogen (secondary N) is 1. The SMILES string of the molecule is N#CC1(NC(=O)Cc2nnc(Cc3nc4ccc(-c5ccc(OC6COC6)cc5)c(F)c4s3)o2)CC1. The fourth-order valence-electron chi connectivity index (χ4n) is 3.89. The van der Waals surface area contributed by atoms with Crippen LogP contribution in [-0.4, -0.2) is 45.9 Å². The normalized spacial score (nSPS) is 16.3. The molecular weight excluding hydrogens is 485 g/mol. The van der Waals surface area contributed by atoms with Gasteiger partial charge in [-0.3, -0.25) is 4.79 Å². The molecule has 0 bridgehead atoms. The summed E-state index contributed by atoms with van der Waals surface area (Å²) in [6.45, 7) is 1.17. The van der Waals surface area contributed by atoms with Crippen LogP contribution in [-0.2, 0) is 22.4 Å². The first kappa shape index (κ1) is 22.6. The van der Waals surface area contributed by atoms with E-state index in [-0.39, 0.29) is 42.5 Å². The summed E-state index contributed by atoms with van der Waals surface area (Å²) in [5, 5.41) is 20.3. The number of amides is 1. The van der Waals surface area contributed by atoms with Crippen LogP contribution in [0.25, 0.3) is 21.3 Å². The number of ether oxygens (including phenoxy) is 2. The molecule has 36 heavy (non-hydrogen) atoms. The fourth-order valence-corrected chi connectivity index (χ4v) is 4.88. The molecular formula is C25H20FN5O4S. The van der Waals surface area contributed by atoms with E-state index in [2.05, 4.69) is 26.6 Å². The number of rotatable bonds is 8. The number of carbonyl (C=O) groups is 1. The molecule has 1 aliphatic heterocycles. The molecule has 1 N–H and O–H groups in total. The van der Waals surface area contributed by atoms with Crippen LogP contribution in [0.4, 0.5) is 4.39 Å². The average Bonchev–Trinajstić information content (AvgIpc) is 3.27. The smallest absolute Gasteiger partial charge is 0.230 e. The largest absolute Gasteiger partial charge is 0.486 e. The van der Waals surface area contributed by atoms with Crippen molar-refractivity contribution in [2.45, 2.75) is 37.3 Å². The van der Waals surface area contributed by atoms with E-state index in [9.17, 15) is 4.79 Å². The van der Waals surface area contributed by atoms with Gasteiger partial charge in [-0.2, -0.15) is 5.26 Å². The van der Waals surface area contributed by atoms with E-state index in [4.69, 9.17) is 19.2 Å². The van der Waals surface area contributed by atoms with Gasteiger partial charge in [0, 0.05) is 5.56 Å². The van der Waals surface area contributed by atoms with Crippen LogP contribution in [0.15, 0.2) is 40.8 Å². The number of fused-ring (bicyclic) bond motifs is 1. The first-order chi connectivity index (χ1) is 17.5. The summed E-state index contributed by atoms with van der Waals surface area (Å²) in [5.41, 5.74) is 1.02. The molecule has 1 saturated carbocycles. The topological polar surface area (TPSA) is 123 Å². The highest BCUT2D eigenvalue weighted by atomic mass is 32.1.